The van der Waals surface area contributed by atoms with Crippen molar-refractivity contribution in [3.05, 3.63) is 29.8 Å². The van der Waals surface area contributed by atoms with E-state index in [0.717, 1.165) is 25.1 Å². The van der Waals surface area contributed by atoms with Gasteiger partial charge in [-0.15, -0.1) is 0 Å². The molecule has 0 aromatic heterocycles. The van der Waals surface area contributed by atoms with Crippen molar-refractivity contribution >= 4 is 15.9 Å². The molecule has 0 unspecified atom stereocenters. The summed E-state index contributed by atoms with van der Waals surface area (Å²) in [5.74, 6) is 0. The average Bonchev–Trinajstić information content (AvgIpc) is 2.31. The van der Waals surface area contributed by atoms with Gasteiger partial charge in [0.05, 0.1) is 0 Å². The number of rotatable bonds is 7. The number of nitrogens with one attached hydrogen (secondary N) is 3. The molecule has 1 aromatic rings. The SMILES string of the molecule is CCCNCc1ccc(NS(=O)(=O)NC)cc1. The van der Waals surface area contributed by atoms with Crippen LogP contribution in [-0.4, -0.2) is 22.0 Å². The van der Waals surface area contributed by atoms with Gasteiger partial charge < -0.3 is 5.32 Å². The summed E-state index contributed by atoms with van der Waals surface area (Å²) in [5, 5.41) is 3.28. The van der Waals surface area contributed by atoms with E-state index in [1.807, 2.05) is 12.1 Å². The van der Waals surface area contributed by atoms with Crippen LogP contribution in [-0.2, 0) is 16.8 Å². The van der Waals surface area contributed by atoms with Crippen LogP contribution in [0.15, 0.2) is 24.3 Å². The average molecular weight is 257 g/mol. The van der Waals surface area contributed by atoms with Crippen molar-refractivity contribution < 1.29 is 8.42 Å². The Labute approximate surface area is 103 Å². The van der Waals surface area contributed by atoms with E-state index in [0.29, 0.717) is 5.69 Å². The summed E-state index contributed by atoms with van der Waals surface area (Å²) in [6, 6.07) is 7.29. The molecule has 5 nitrogen and oxygen atoms in total. The van der Waals surface area contributed by atoms with Crippen molar-refractivity contribution in [2.24, 2.45) is 0 Å². The van der Waals surface area contributed by atoms with Gasteiger partial charge in [-0.1, -0.05) is 19.1 Å². The van der Waals surface area contributed by atoms with Crippen LogP contribution in [0, 0.1) is 0 Å². The highest BCUT2D eigenvalue weighted by Crippen LogP contribution is 2.10. The van der Waals surface area contributed by atoms with Crippen LogP contribution >= 0.6 is 0 Å². The second kappa shape index (κ2) is 6.58. The van der Waals surface area contributed by atoms with Crippen LogP contribution in [0.25, 0.3) is 0 Å². The highest BCUT2D eigenvalue weighted by molar-refractivity contribution is 7.90. The van der Waals surface area contributed by atoms with Crippen molar-refractivity contribution in [3.63, 3.8) is 0 Å². The quantitative estimate of drug-likeness (QED) is 0.640. The summed E-state index contributed by atoms with van der Waals surface area (Å²) < 4.78 is 27.1. The van der Waals surface area contributed by atoms with Gasteiger partial charge in [0, 0.05) is 19.3 Å². The summed E-state index contributed by atoms with van der Waals surface area (Å²) in [6.07, 6.45) is 1.10. The Morgan fingerprint density at radius 2 is 1.82 bits per heavy atom. The molecule has 1 aromatic carbocycles. The molecule has 0 saturated carbocycles. The van der Waals surface area contributed by atoms with Crippen molar-refractivity contribution in [1.82, 2.24) is 10.0 Å². The minimum atomic E-state index is -3.42. The standard InChI is InChI=1S/C11H19N3O2S/c1-3-8-13-9-10-4-6-11(7-5-10)14-17(15,16)12-2/h4-7,12-14H,3,8-9H2,1-2H3. The number of benzene rings is 1. The maximum absolute atomic E-state index is 11.2. The first kappa shape index (κ1) is 14.0. The molecule has 17 heavy (non-hydrogen) atoms. The van der Waals surface area contributed by atoms with E-state index in [1.54, 1.807) is 12.1 Å². The fraction of sp³-hybridized carbons (Fsp3) is 0.455. The topological polar surface area (TPSA) is 70.2 Å². The molecular formula is C11H19N3O2S. The Balaban J connectivity index is 2.56. The Morgan fingerprint density at radius 3 is 2.35 bits per heavy atom. The third-order valence-electron chi connectivity index (χ3n) is 2.23. The highest BCUT2D eigenvalue weighted by Gasteiger charge is 2.05. The molecule has 96 valence electrons. The van der Waals surface area contributed by atoms with Crippen LogP contribution in [0.3, 0.4) is 0 Å². The third-order valence-corrected chi connectivity index (χ3v) is 3.27. The molecule has 1 rings (SSSR count). The molecule has 0 aliphatic rings. The molecule has 0 spiro atoms. The lowest BCUT2D eigenvalue weighted by atomic mass is 10.2. The predicted octanol–water partition coefficient (Wildman–Crippen LogP) is 1.06. The van der Waals surface area contributed by atoms with Crippen LogP contribution in [0.5, 0.6) is 0 Å². The lowest BCUT2D eigenvalue weighted by Gasteiger charge is -2.07. The van der Waals surface area contributed by atoms with Crippen molar-refractivity contribution in [2.75, 3.05) is 18.3 Å². The van der Waals surface area contributed by atoms with Gasteiger partial charge in [0.2, 0.25) is 0 Å². The summed E-state index contributed by atoms with van der Waals surface area (Å²) in [6.45, 7) is 3.89. The summed E-state index contributed by atoms with van der Waals surface area (Å²) >= 11 is 0. The van der Waals surface area contributed by atoms with E-state index in [-0.39, 0.29) is 0 Å². The molecule has 0 bridgehead atoms. The first-order valence-electron chi connectivity index (χ1n) is 5.58. The van der Waals surface area contributed by atoms with Crippen molar-refractivity contribution in [3.8, 4) is 0 Å². The largest absolute Gasteiger partial charge is 0.313 e. The zero-order valence-electron chi connectivity index (χ0n) is 10.2. The van der Waals surface area contributed by atoms with Crippen LogP contribution in [0.2, 0.25) is 0 Å². The van der Waals surface area contributed by atoms with Gasteiger partial charge in [0.15, 0.2) is 0 Å². The number of anilines is 1. The van der Waals surface area contributed by atoms with Gasteiger partial charge in [-0.25, -0.2) is 4.72 Å². The highest BCUT2D eigenvalue weighted by atomic mass is 32.2. The van der Waals surface area contributed by atoms with Gasteiger partial charge in [0.25, 0.3) is 10.2 Å². The minimum absolute atomic E-state index is 0.554. The molecule has 0 aliphatic carbocycles. The number of hydrogen-bond donors (Lipinski definition) is 3. The van der Waals surface area contributed by atoms with Gasteiger partial charge in [-0.2, -0.15) is 8.42 Å². The Hall–Kier alpha value is -1.11. The molecule has 3 N–H and O–H groups in total. The van der Waals surface area contributed by atoms with Crippen LogP contribution in [0.1, 0.15) is 18.9 Å². The molecule has 6 heteroatoms. The smallest absolute Gasteiger partial charge is 0.298 e. The second-order valence-electron chi connectivity index (χ2n) is 3.68. The first-order valence-corrected chi connectivity index (χ1v) is 7.06. The molecule has 0 heterocycles. The molecule has 0 atom stereocenters. The molecule has 0 saturated heterocycles. The minimum Gasteiger partial charge on any atom is -0.313 e. The van der Waals surface area contributed by atoms with E-state index >= 15 is 0 Å². The van der Waals surface area contributed by atoms with Gasteiger partial charge in [0.1, 0.15) is 0 Å². The van der Waals surface area contributed by atoms with Crippen LogP contribution < -0.4 is 14.8 Å². The molecule has 0 fully saturated rings. The predicted molar refractivity (Wildman–Crippen MR) is 70.0 cm³/mol. The zero-order valence-corrected chi connectivity index (χ0v) is 11.0. The van der Waals surface area contributed by atoms with Crippen LogP contribution in [0.4, 0.5) is 5.69 Å². The number of hydrogen-bond acceptors (Lipinski definition) is 3. The molecule has 0 amide bonds. The maximum Gasteiger partial charge on any atom is 0.298 e. The zero-order chi connectivity index (χ0) is 12.7. The first-order chi connectivity index (χ1) is 8.07. The fourth-order valence-corrected chi connectivity index (χ4v) is 1.85. The van der Waals surface area contributed by atoms with Gasteiger partial charge in [-0.05, 0) is 30.7 Å². The Morgan fingerprint density at radius 1 is 1.18 bits per heavy atom. The van der Waals surface area contributed by atoms with E-state index in [2.05, 4.69) is 21.7 Å². The summed E-state index contributed by atoms with van der Waals surface area (Å²) in [4.78, 5) is 0. The molecular weight excluding hydrogens is 238 g/mol. The Kier molecular flexibility index (Phi) is 5.40. The van der Waals surface area contributed by atoms with Crippen molar-refractivity contribution in [2.45, 2.75) is 19.9 Å². The van der Waals surface area contributed by atoms with E-state index < -0.39 is 10.2 Å². The molecule has 0 radical (unpaired) electrons. The second-order valence-corrected chi connectivity index (χ2v) is 5.30. The third kappa shape index (κ3) is 5.16. The molecule has 0 aliphatic heterocycles. The lowest BCUT2D eigenvalue weighted by molar-refractivity contribution is 0.593. The lowest BCUT2D eigenvalue weighted by Crippen LogP contribution is -2.26. The van der Waals surface area contributed by atoms with E-state index in [4.69, 9.17) is 0 Å². The van der Waals surface area contributed by atoms with E-state index in [1.165, 1.54) is 7.05 Å². The maximum atomic E-state index is 11.2. The normalized spacial score (nSPS) is 11.4. The van der Waals surface area contributed by atoms with Crippen molar-refractivity contribution in [1.29, 1.82) is 0 Å². The summed E-state index contributed by atoms with van der Waals surface area (Å²) in [7, 11) is -2.06. The van der Waals surface area contributed by atoms with Gasteiger partial charge in [-0.3, -0.25) is 4.72 Å². The van der Waals surface area contributed by atoms with E-state index in [9.17, 15) is 8.42 Å². The monoisotopic (exact) mass is 257 g/mol. The summed E-state index contributed by atoms with van der Waals surface area (Å²) in [5.41, 5.74) is 1.68. The van der Waals surface area contributed by atoms with Gasteiger partial charge >= 0.3 is 0 Å². The Bertz CT molecular complexity index is 429. The fourth-order valence-electron chi connectivity index (χ4n) is 1.31.